The van der Waals surface area contributed by atoms with Crippen LogP contribution in [0.25, 0.3) is 11.1 Å². The van der Waals surface area contributed by atoms with Gasteiger partial charge in [-0.2, -0.15) is 0 Å². The fraction of sp³-hybridized carbons (Fsp3) is 0.286. The molecule has 1 atom stereocenters. The lowest BCUT2D eigenvalue weighted by molar-refractivity contribution is -0.138. The zero-order valence-corrected chi connectivity index (χ0v) is 19.7. The number of fused-ring (bicyclic) bond motifs is 3. The summed E-state index contributed by atoms with van der Waals surface area (Å²) in [6, 6.07) is 22.5. The van der Waals surface area contributed by atoms with Crippen LogP contribution in [-0.4, -0.2) is 67.8 Å². The molecule has 1 aliphatic heterocycles. The van der Waals surface area contributed by atoms with Crippen LogP contribution in [0.15, 0.2) is 72.8 Å². The zero-order valence-electron chi connectivity index (χ0n) is 19.7. The molecule has 35 heavy (non-hydrogen) atoms. The molecule has 3 aromatic carbocycles. The average molecular weight is 472 g/mol. The molecule has 1 fully saturated rings. The van der Waals surface area contributed by atoms with Crippen molar-refractivity contribution in [1.29, 1.82) is 0 Å². The molecule has 0 bridgehead atoms. The topological polar surface area (TPSA) is 82.1 Å². The van der Waals surface area contributed by atoms with Crippen LogP contribution in [0.2, 0.25) is 0 Å². The lowest BCUT2D eigenvalue weighted by Gasteiger charge is -2.38. The van der Waals surface area contributed by atoms with E-state index in [-0.39, 0.29) is 11.8 Å². The van der Waals surface area contributed by atoms with E-state index in [4.69, 9.17) is 4.74 Å². The molecule has 0 radical (unpaired) electrons. The minimum absolute atomic E-state index is 0.264. The molecule has 7 nitrogen and oxygen atoms in total. The molecule has 0 saturated carbocycles. The molecule has 1 saturated heterocycles. The Bertz CT molecular complexity index is 1190. The second-order valence-electron chi connectivity index (χ2n) is 8.84. The summed E-state index contributed by atoms with van der Waals surface area (Å²) in [6.45, 7) is 1.83. The first-order chi connectivity index (χ1) is 17.1. The second-order valence-corrected chi connectivity index (χ2v) is 8.84. The Labute approximate surface area is 204 Å². The summed E-state index contributed by atoms with van der Waals surface area (Å²) in [5, 5.41) is 12.9. The fourth-order valence-electron chi connectivity index (χ4n) is 5.16. The van der Waals surface area contributed by atoms with Crippen molar-refractivity contribution in [2.24, 2.45) is 0 Å². The van der Waals surface area contributed by atoms with E-state index in [2.05, 4.69) is 10.2 Å². The lowest BCUT2D eigenvalue weighted by atomic mass is 9.95. The molecule has 2 amide bonds. The number of carbonyl (C=O) groups excluding carboxylic acids is 2. The SMILES string of the molecule is COc1ccccc1N1CCN(C(=O)C(CO)NC(=O)C2c3ccccc3-c3ccccc32)CC1. The van der Waals surface area contributed by atoms with Crippen molar-refractivity contribution in [1.82, 2.24) is 10.2 Å². The molecule has 1 aliphatic carbocycles. The maximum Gasteiger partial charge on any atom is 0.247 e. The molecule has 2 aliphatic rings. The van der Waals surface area contributed by atoms with Gasteiger partial charge >= 0.3 is 0 Å². The van der Waals surface area contributed by atoms with Crippen molar-refractivity contribution in [3.8, 4) is 16.9 Å². The van der Waals surface area contributed by atoms with Gasteiger partial charge in [0.2, 0.25) is 11.8 Å². The highest BCUT2D eigenvalue weighted by atomic mass is 16.5. The van der Waals surface area contributed by atoms with Crippen molar-refractivity contribution < 1.29 is 19.4 Å². The van der Waals surface area contributed by atoms with Crippen LogP contribution >= 0.6 is 0 Å². The number of carbonyl (C=O) groups is 2. The van der Waals surface area contributed by atoms with Gasteiger partial charge in [0.05, 0.1) is 25.3 Å². The Balaban J connectivity index is 1.27. The van der Waals surface area contributed by atoms with Crippen LogP contribution in [0.1, 0.15) is 17.0 Å². The largest absolute Gasteiger partial charge is 0.495 e. The van der Waals surface area contributed by atoms with E-state index in [1.807, 2.05) is 72.8 Å². The van der Waals surface area contributed by atoms with Crippen LogP contribution in [-0.2, 0) is 9.59 Å². The quantitative estimate of drug-likeness (QED) is 0.578. The number of aliphatic hydroxyl groups excluding tert-OH is 1. The van der Waals surface area contributed by atoms with Crippen molar-refractivity contribution in [2.75, 3.05) is 44.8 Å². The Morgan fingerprint density at radius 3 is 2.09 bits per heavy atom. The highest BCUT2D eigenvalue weighted by Gasteiger charge is 2.36. The number of anilines is 1. The second kappa shape index (κ2) is 9.80. The van der Waals surface area contributed by atoms with Crippen molar-refractivity contribution in [3.05, 3.63) is 83.9 Å². The van der Waals surface area contributed by atoms with Crippen LogP contribution in [0, 0.1) is 0 Å². The highest BCUT2D eigenvalue weighted by molar-refractivity contribution is 5.98. The summed E-state index contributed by atoms with van der Waals surface area (Å²) >= 11 is 0. The summed E-state index contributed by atoms with van der Waals surface area (Å²) in [4.78, 5) is 30.6. The first-order valence-corrected chi connectivity index (χ1v) is 11.9. The van der Waals surface area contributed by atoms with Crippen LogP contribution in [0.3, 0.4) is 0 Å². The number of nitrogens with one attached hydrogen (secondary N) is 1. The fourth-order valence-corrected chi connectivity index (χ4v) is 5.16. The van der Waals surface area contributed by atoms with Gasteiger partial charge in [-0.05, 0) is 34.4 Å². The third kappa shape index (κ3) is 4.23. The molecule has 0 aromatic heterocycles. The molecule has 3 aromatic rings. The van der Waals surface area contributed by atoms with E-state index in [0.717, 1.165) is 33.7 Å². The molecule has 2 N–H and O–H groups in total. The van der Waals surface area contributed by atoms with Crippen molar-refractivity contribution >= 4 is 17.5 Å². The van der Waals surface area contributed by atoms with E-state index in [1.54, 1.807) is 12.0 Å². The van der Waals surface area contributed by atoms with Gasteiger partial charge < -0.3 is 25.0 Å². The number of hydrogen-bond acceptors (Lipinski definition) is 5. The summed E-state index contributed by atoms with van der Waals surface area (Å²) in [5.74, 6) is -0.251. The molecule has 1 heterocycles. The van der Waals surface area contributed by atoms with Crippen molar-refractivity contribution in [2.45, 2.75) is 12.0 Å². The van der Waals surface area contributed by atoms with Gasteiger partial charge in [-0.1, -0.05) is 60.7 Å². The number of aliphatic hydroxyl groups is 1. The first kappa shape index (κ1) is 22.9. The normalized spacial score (nSPS) is 15.8. The Morgan fingerprint density at radius 2 is 1.49 bits per heavy atom. The number of hydrogen-bond donors (Lipinski definition) is 2. The molecule has 0 spiro atoms. The predicted molar refractivity (Wildman–Crippen MR) is 135 cm³/mol. The standard InChI is InChI=1S/C28H29N3O4/c1-35-25-13-7-6-12-24(25)30-14-16-31(17-15-30)28(34)23(18-32)29-27(33)26-21-10-4-2-8-19(21)20-9-3-5-11-22(20)26/h2-13,23,26,32H,14-18H2,1H3,(H,29,33). The molecule has 180 valence electrons. The van der Waals surface area contributed by atoms with Crippen molar-refractivity contribution in [3.63, 3.8) is 0 Å². The van der Waals surface area contributed by atoms with Gasteiger partial charge in [-0.15, -0.1) is 0 Å². The van der Waals surface area contributed by atoms with E-state index in [1.165, 1.54) is 0 Å². The van der Waals surface area contributed by atoms with E-state index in [9.17, 15) is 14.7 Å². The molecular weight excluding hydrogens is 442 g/mol. The zero-order chi connectivity index (χ0) is 24.4. The Morgan fingerprint density at radius 1 is 0.914 bits per heavy atom. The maximum absolute atomic E-state index is 13.4. The summed E-state index contributed by atoms with van der Waals surface area (Å²) in [6.07, 6.45) is 0. The van der Waals surface area contributed by atoms with Gasteiger partial charge in [-0.25, -0.2) is 0 Å². The lowest BCUT2D eigenvalue weighted by Crippen LogP contribution is -2.56. The highest BCUT2D eigenvalue weighted by Crippen LogP contribution is 2.44. The third-order valence-corrected chi connectivity index (χ3v) is 6.91. The van der Waals surface area contributed by atoms with Gasteiger partial charge in [0.25, 0.3) is 0 Å². The van der Waals surface area contributed by atoms with E-state index < -0.39 is 18.6 Å². The third-order valence-electron chi connectivity index (χ3n) is 6.91. The van der Waals surface area contributed by atoms with Gasteiger partial charge in [-0.3, -0.25) is 9.59 Å². The monoisotopic (exact) mass is 471 g/mol. The van der Waals surface area contributed by atoms with Gasteiger partial charge in [0, 0.05) is 26.2 Å². The number of nitrogens with zero attached hydrogens (tertiary/aromatic N) is 2. The molecule has 5 rings (SSSR count). The Hall–Kier alpha value is -3.84. The average Bonchev–Trinajstić information content (AvgIpc) is 3.26. The summed E-state index contributed by atoms with van der Waals surface area (Å²) < 4.78 is 5.47. The van der Waals surface area contributed by atoms with E-state index >= 15 is 0 Å². The van der Waals surface area contributed by atoms with Crippen LogP contribution in [0.5, 0.6) is 5.75 Å². The van der Waals surface area contributed by atoms with Gasteiger partial charge in [0.1, 0.15) is 11.8 Å². The minimum atomic E-state index is -0.986. The summed E-state index contributed by atoms with van der Waals surface area (Å²) in [5.41, 5.74) is 4.89. The number of methoxy groups -OCH3 is 1. The molecular formula is C28H29N3O4. The minimum Gasteiger partial charge on any atom is -0.495 e. The van der Waals surface area contributed by atoms with Gasteiger partial charge in [0.15, 0.2) is 0 Å². The number of piperazine rings is 1. The predicted octanol–water partition coefficient (Wildman–Crippen LogP) is 2.63. The number of amides is 2. The molecule has 1 unspecified atom stereocenters. The number of rotatable bonds is 6. The number of para-hydroxylation sites is 2. The first-order valence-electron chi connectivity index (χ1n) is 11.9. The number of benzene rings is 3. The molecule has 7 heteroatoms. The van der Waals surface area contributed by atoms with E-state index in [0.29, 0.717) is 26.2 Å². The maximum atomic E-state index is 13.4. The Kier molecular flexibility index (Phi) is 6.42. The number of ether oxygens (including phenoxy) is 1. The smallest absolute Gasteiger partial charge is 0.247 e. The van der Waals surface area contributed by atoms with Crippen LogP contribution in [0.4, 0.5) is 5.69 Å². The summed E-state index contributed by atoms with van der Waals surface area (Å²) in [7, 11) is 1.65. The van der Waals surface area contributed by atoms with Crippen LogP contribution < -0.4 is 15.0 Å².